The van der Waals surface area contributed by atoms with Crippen LogP contribution in [-0.2, 0) is 43.0 Å². The van der Waals surface area contributed by atoms with Crippen LogP contribution in [0.3, 0.4) is 0 Å². The Labute approximate surface area is 372 Å². The second kappa shape index (κ2) is 25.3. The van der Waals surface area contributed by atoms with Gasteiger partial charge >= 0.3 is 5.97 Å². The maximum atomic E-state index is 14.6. The fourth-order valence-corrected chi connectivity index (χ4v) is 7.80. The molecule has 0 bridgehead atoms. The Kier molecular flexibility index (Phi) is 22.1. The molecule has 2 aliphatic rings. The molecule has 0 aliphatic carbocycles. The monoisotopic (exact) mass is 898 g/mol. The van der Waals surface area contributed by atoms with Gasteiger partial charge in [-0.3, -0.25) is 43.8 Å². The highest BCUT2D eigenvalue weighted by atomic mass is 16.5. The Morgan fingerprint density at radius 1 is 0.952 bits per heavy atom. The standard InChI is InChI=1S/C43H75N7O13/c1-12-26(4)18-27(5)19-28(6)20-29(7)38(56)31(62-11)15-16-32(51)43(8,60)42(59)46-37-39(25(2)3)63-36(55)24-48(10)34(53)21-44-33(52)22-47(9)35(54)23-49(61)40(57)30-14-13-17-45-50(30)41(37)58/h20,25-28,30-32,37-39,45,51,56,60-61H,12-19,21-24H2,1-11H3,(H,44,52)(H,46,59)/b29-20+/t26-,27+,28+,30-,31+,32-,37+,38-,39+,43-/m1/s1. The molecule has 0 unspecified atom stereocenters. The zero-order valence-corrected chi connectivity index (χ0v) is 39.1. The van der Waals surface area contributed by atoms with Gasteiger partial charge in [0.05, 0.1) is 25.3 Å². The Morgan fingerprint density at radius 3 is 2.19 bits per heavy atom. The van der Waals surface area contributed by atoms with E-state index in [0.29, 0.717) is 23.8 Å². The minimum atomic E-state index is -2.58. The van der Waals surface area contributed by atoms with Crippen LogP contribution in [0.5, 0.6) is 0 Å². The summed E-state index contributed by atoms with van der Waals surface area (Å²) in [6.07, 6.45) is 0.0887. The number of esters is 1. The fourth-order valence-electron chi connectivity index (χ4n) is 7.80. The average molecular weight is 898 g/mol. The molecule has 2 fully saturated rings. The van der Waals surface area contributed by atoms with E-state index in [4.69, 9.17) is 9.47 Å². The third kappa shape index (κ3) is 16.4. The van der Waals surface area contributed by atoms with Crippen LogP contribution < -0.4 is 16.1 Å². The van der Waals surface area contributed by atoms with Crippen molar-refractivity contribution in [1.82, 2.24) is 35.9 Å². The number of hydrogen-bond donors (Lipinski definition) is 7. The lowest BCUT2D eigenvalue weighted by Gasteiger charge is -2.41. The zero-order chi connectivity index (χ0) is 47.9. The minimum absolute atomic E-state index is 0.00530. The number of amides is 6. The molecule has 2 rings (SSSR count). The number of allylic oxidation sites excluding steroid dienone is 1. The number of hydroxylamine groups is 2. The highest BCUT2D eigenvalue weighted by molar-refractivity contribution is 5.95. The maximum Gasteiger partial charge on any atom is 0.325 e. The van der Waals surface area contributed by atoms with Crippen molar-refractivity contribution in [3.63, 3.8) is 0 Å². The number of aliphatic hydroxyl groups is 3. The number of nitrogens with one attached hydrogen (secondary N) is 3. The molecule has 2 saturated heterocycles. The van der Waals surface area contributed by atoms with Gasteiger partial charge in [0.25, 0.3) is 17.7 Å². The number of carbonyl (C=O) groups is 7. The predicted molar refractivity (Wildman–Crippen MR) is 230 cm³/mol. The molecule has 2 heterocycles. The van der Waals surface area contributed by atoms with Crippen LogP contribution in [0.4, 0.5) is 0 Å². The van der Waals surface area contributed by atoms with E-state index in [1.165, 1.54) is 21.2 Å². The normalized spacial score (nSPS) is 24.8. The second-order valence-electron chi connectivity index (χ2n) is 18.0. The molecule has 0 aromatic carbocycles. The van der Waals surface area contributed by atoms with Gasteiger partial charge in [-0.15, -0.1) is 0 Å². The lowest BCUT2D eigenvalue weighted by molar-refractivity contribution is -0.182. The molecule has 10 atom stereocenters. The number of cyclic esters (lactones) is 1. The van der Waals surface area contributed by atoms with Crippen molar-refractivity contribution >= 4 is 41.4 Å². The third-order valence-corrected chi connectivity index (χ3v) is 11.9. The van der Waals surface area contributed by atoms with Crippen molar-refractivity contribution in [2.24, 2.45) is 23.7 Å². The van der Waals surface area contributed by atoms with Crippen molar-refractivity contribution in [3.05, 3.63) is 11.6 Å². The summed E-state index contributed by atoms with van der Waals surface area (Å²) < 4.78 is 11.3. The van der Waals surface area contributed by atoms with E-state index >= 15 is 0 Å². The van der Waals surface area contributed by atoms with Crippen LogP contribution in [0, 0.1) is 23.7 Å². The van der Waals surface area contributed by atoms with Crippen LogP contribution in [0.25, 0.3) is 0 Å². The summed E-state index contributed by atoms with van der Waals surface area (Å²) in [5, 5.41) is 50.6. The van der Waals surface area contributed by atoms with Gasteiger partial charge in [-0.25, -0.2) is 10.5 Å². The number of carbonyl (C=O) groups excluding carboxylic acids is 7. The van der Waals surface area contributed by atoms with Gasteiger partial charge in [-0.2, -0.15) is 0 Å². The molecule has 0 aromatic heterocycles. The number of nitrogens with zero attached hydrogens (tertiary/aromatic N) is 4. The molecule has 2 aliphatic heterocycles. The lowest BCUT2D eigenvalue weighted by atomic mass is 9.87. The quantitative estimate of drug-likeness (QED) is 0.0617. The number of fused-ring (bicyclic) bond motifs is 1. The average Bonchev–Trinajstić information content (AvgIpc) is 3.22. The Morgan fingerprint density at radius 2 is 1.59 bits per heavy atom. The largest absolute Gasteiger partial charge is 0.458 e. The summed E-state index contributed by atoms with van der Waals surface area (Å²) in [5.74, 6) is -6.12. The summed E-state index contributed by atoms with van der Waals surface area (Å²) in [6, 6.07) is -3.27. The summed E-state index contributed by atoms with van der Waals surface area (Å²) in [7, 11) is 3.92. The highest BCUT2D eigenvalue weighted by Crippen LogP contribution is 2.26. The molecule has 0 aromatic rings. The van der Waals surface area contributed by atoms with Crippen LogP contribution in [0.15, 0.2) is 11.6 Å². The Hall–Kier alpha value is -4.21. The molecular weight excluding hydrogens is 823 g/mol. The second-order valence-corrected chi connectivity index (χ2v) is 18.0. The number of hydrogen-bond acceptors (Lipinski definition) is 14. The Balaban J connectivity index is 2.44. The van der Waals surface area contributed by atoms with Crippen molar-refractivity contribution in [2.45, 2.75) is 142 Å². The molecular formula is C43H75N7O13. The lowest BCUT2D eigenvalue weighted by Crippen LogP contribution is -2.67. The van der Waals surface area contributed by atoms with Crippen LogP contribution in [0.1, 0.15) is 100 Å². The smallest absolute Gasteiger partial charge is 0.325 e. The van der Waals surface area contributed by atoms with E-state index in [0.717, 1.165) is 41.0 Å². The Bertz CT molecular complexity index is 1610. The summed E-state index contributed by atoms with van der Waals surface area (Å²) in [5.41, 5.74) is 0.883. The van der Waals surface area contributed by atoms with Crippen LogP contribution >= 0.6 is 0 Å². The zero-order valence-electron chi connectivity index (χ0n) is 39.1. The first-order chi connectivity index (χ1) is 29.3. The van der Waals surface area contributed by atoms with Gasteiger partial charge < -0.3 is 45.2 Å². The molecule has 20 heteroatoms. The number of hydrazine groups is 1. The third-order valence-electron chi connectivity index (χ3n) is 11.9. The van der Waals surface area contributed by atoms with Crippen LogP contribution in [0.2, 0.25) is 0 Å². The number of ether oxygens (including phenoxy) is 2. The van der Waals surface area contributed by atoms with E-state index < -0.39 is 116 Å². The molecule has 360 valence electrons. The van der Waals surface area contributed by atoms with Gasteiger partial charge in [0, 0.05) is 27.7 Å². The van der Waals surface area contributed by atoms with Gasteiger partial charge in [0.2, 0.25) is 17.7 Å². The van der Waals surface area contributed by atoms with Crippen molar-refractivity contribution in [1.29, 1.82) is 0 Å². The summed E-state index contributed by atoms with van der Waals surface area (Å²) >= 11 is 0. The topological polar surface area (TPSA) is 268 Å². The van der Waals surface area contributed by atoms with E-state index in [1.54, 1.807) is 20.8 Å². The van der Waals surface area contributed by atoms with Crippen LogP contribution in [-0.4, -0.2) is 178 Å². The number of rotatable bonds is 16. The summed E-state index contributed by atoms with van der Waals surface area (Å²) in [6.45, 7) is 12.2. The van der Waals surface area contributed by atoms with Crippen molar-refractivity contribution < 1.29 is 63.6 Å². The number of methoxy groups -OCH3 is 1. The fraction of sp³-hybridized carbons (Fsp3) is 0.791. The predicted octanol–water partition coefficient (Wildman–Crippen LogP) is 0.112. The minimum Gasteiger partial charge on any atom is -0.458 e. The first-order valence-corrected chi connectivity index (χ1v) is 22.0. The van der Waals surface area contributed by atoms with E-state index in [9.17, 15) is 54.1 Å². The molecule has 20 nitrogen and oxygen atoms in total. The SMILES string of the molecule is CC[C@@H](C)C[C@H](C)C[C@H](C)/C=C(\C)[C@@H](O)[C@H](CC[C@@H](O)[C@@](C)(O)C(=O)N[C@@H]1C(=O)N2NCCC[C@@H]2C(=O)N(O)CC(=O)N(C)CC(=O)NCC(=O)N(C)CC(=O)O[C@H]1C(C)C)OC. The van der Waals surface area contributed by atoms with E-state index in [-0.39, 0.29) is 36.8 Å². The molecule has 0 radical (unpaired) electrons. The van der Waals surface area contributed by atoms with E-state index in [1.807, 2.05) is 6.08 Å². The molecule has 63 heavy (non-hydrogen) atoms. The molecule has 0 spiro atoms. The molecule has 7 N–H and O–H groups in total. The van der Waals surface area contributed by atoms with Gasteiger partial charge in [0.1, 0.15) is 37.4 Å². The van der Waals surface area contributed by atoms with Crippen molar-refractivity contribution in [2.75, 3.05) is 53.9 Å². The van der Waals surface area contributed by atoms with Crippen molar-refractivity contribution in [3.8, 4) is 0 Å². The molecule has 6 amide bonds. The number of aliphatic hydroxyl groups excluding tert-OH is 2. The summed E-state index contributed by atoms with van der Waals surface area (Å²) in [4.78, 5) is 95.8. The van der Waals surface area contributed by atoms with E-state index in [2.05, 4.69) is 43.8 Å². The first-order valence-electron chi connectivity index (χ1n) is 22.0. The molecule has 0 saturated carbocycles. The van der Waals surface area contributed by atoms with Gasteiger partial charge in [-0.1, -0.05) is 54.0 Å². The number of likely N-dealkylation sites (N-methyl/N-ethyl adjacent to an activating group) is 2. The highest BCUT2D eigenvalue weighted by Gasteiger charge is 2.47. The van der Waals surface area contributed by atoms with Gasteiger partial charge in [0.15, 0.2) is 5.60 Å². The maximum absolute atomic E-state index is 14.6. The first kappa shape index (κ1) is 54.9. The van der Waals surface area contributed by atoms with Gasteiger partial charge in [-0.05, 0) is 81.6 Å².